The van der Waals surface area contributed by atoms with Gasteiger partial charge in [-0.1, -0.05) is 0 Å². The number of Topliss-reactive ketones (excluding diaryl/α,β-unsaturated/α-hetero) is 1. The fourth-order valence-electron chi connectivity index (χ4n) is 2.69. The van der Waals surface area contributed by atoms with E-state index in [1.165, 1.54) is 11.3 Å². The minimum Gasteiger partial charge on any atom is -0.456 e. The molecule has 1 aliphatic rings. The van der Waals surface area contributed by atoms with Crippen molar-refractivity contribution >= 4 is 29.0 Å². The van der Waals surface area contributed by atoms with Crippen LogP contribution in [-0.2, 0) is 14.3 Å². The van der Waals surface area contributed by atoms with Crippen molar-refractivity contribution < 1.29 is 19.1 Å². The molecule has 0 aliphatic heterocycles. The number of amides is 1. The molecule has 1 fully saturated rings. The number of rotatable bonds is 7. The van der Waals surface area contributed by atoms with E-state index in [0.29, 0.717) is 17.7 Å². The zero-order valence-corrected chi connectivity index (χ0v) is 14.4. The molecule has 1 aromatic heterocycles. The molecule has 128 valence electrons. The van der Waals surface area contributed by atoms with Crippen LogP contribution in [0.25, 0.3) is 0 Å². The lowest BCUT2D eigenvalue weighted by atomic mass is 10.00. The van der Waals surface area contributed by atoms with Crippen molar-refractivity contribution in [1.29, 1.82) is 5.26 Å². The molecule has 0 saturated heterocycles. The van der Waals surface area contributed by atoms with E-state index in [2.05, 4.69) is 11.4 Å². The molecule has 0 bridgehead atoms. The van der Waals surface area contributed by atoms with Crippen LogP contribution in [0.1, 0.15) is 53.1 Å². The number of hydrogen-bond donors (Lipinski definition) is 1. The molecule has 24 heavy (non-hydrogen) atoms. The van der Waals surface area contributed by atoms with E-state index in [4.69, 9.17) is 4.74 Å². The Morgan fingerprint density at radius 1 is 1.29 bits per heavy atom. The second-order valence-electron chi connectivity index (χ2n) is 5.94. The molecule has 1 aromatic rings. The van der Waals surface area contributed by atoms with Crippen molar-refractivity contribution in [2.75, 3.05) is 6.61 Å². The fourth-order valence-corrected chi connectivity index (χ4v) is 3.52. The van der Waals surface area contributed by atoms with E-state index in [-0.39, 0.29) is 18.6 Å². The zero-order valence-electron chi connectivity index (χ0n) is 13.6. The molecule has 0 aromatic carbocycles. The smallest absolute Gasteiger partial charge is 0.306 e. The van der Waals surface area contributed by atoms with Crippen LogP contribution in [-0.4, -0.2) is 29.8 Å². The van der Waals surface area contributed by atoms with Crippen molar-refractivity contribution in [3.63, 3.8) is 0 Å². The molecule has 1 heterocycles. The summed E-state index contributed by atoms with van der Waals surface area (Å²) in [6.45, 7) is 1.49. The predicted molar refractivity (Wildman–Crippen MR) is 88.5 cm³/mol. The number of ketones is 1. The first-order valence-electron chi connectivity index (χ1n) is 7.92. The van der Waals surface area contributed by atoms with Crippen LogP contribution in [0.15, 0.2) is 12.1 Å². The van der Waals surface area contributed by atoms with Gasteiger partial charge in [0.1, 0.15) is 5.54 Å². The van der Waals surface area contributed by atoms with E-state index >= 15 is 0 Å². The summed E-state index contributed by atoms with van der Waals surface area (Å²) < 4.78 is 4.89. The van der Waals surface area contributed by atoms with Gasteiger partial charge in [-0.3, -0.25) is 14.4 Å². The quantitative estimate of drug-likeness (QED) is 0.603. The third kappa shape index (κ3) is 4.90. The molecule has 2 rings (SSSR count). The van der Waals surface area contributed by atoms with Crippen molar-refractivity contribution in [3.05, 3.63) is 21.9 Å². The summed E-state index contributed by atoms with van der Waals surface area (Å²) in [6, 6.07) is 5.74. The van der Waals surface area contributed by atoms with E-state index in [0.717, 1.165) is 17.7 Å². The molecule has 1 N–H and O–H groups in total. The summed E-state index contributed by atoms with van der Waals surface area (Å²) in [6.07, 6.45) is 3.04. The standard InChI is InChI=1S/C17H20N2O4S/c1-12-4-6-14(24-12)13(20)5-7-16(22)23-10-15(21)19-17(11-18)8-2-3-9-17/h4,6H,2-3,5,7-10H2,1H3,(H,19,21). The van der Waals surface area contributed by atoms with Crippen LogP contribution in [0.5, 0.6) is 0 Å². The van der Waals surface area contributed by atoms with Crippen LogP contribution < -0.4 is 5.32 Å². The van der Waals surface area contributed by atoms with Crippen molar-refractivity contribution in [2.45, 2.75) is 51.0 Å². The van der Waals surface area contributed by atoms with Crippen molar-refractivity contribution in [1.82, 2.24) is 5.32 Å². The van der Waals surface area contributed by atoms with Gasteiger partial charge in [0.15, 0.2) is 12.4 Å². The Hall–Kier alpha value is -2.20. The number of carbonyl (C=O) groups excluding carboxylic acids is 3. The second-order valence-corrected chi connectivity index (χ2v) is 7.23. The lowest BCUT2D eigenvalue weighted by molar-refractivity contribution is -0.148. The number of nitrogens with zero attached hydrogens (tertiary/aromatic N) is 1. The Morgan fingerprint density at radius 3 is 2.58 bits per heavy atom. The zero-order chi connectivity index (χ0) is 17.6. The number of hydrogen-bond acceptors (Lipinski definition) is 6. The van der Waals surface area contributed by atoms with Crippen LogP contribution >= 0.6 is 11.3 Å². The van der Waals surface area contributed by atoms with E-state index < -0.39 is 24.0 Å². The molecule has 0 spiro atoms. The van der Waals surface area contributed by atoms with Gasteiger partial charge in [-0.2, -0.15) is 5.26 Å². The van der Waals surface area contributed by atoms with Crippen LogP contribution in [0, 0.1) is 18.3 Å². The highest BCUT2D eigenvalue weighted by Crippen LogP contribution is 2.28. The number of nitriles is 1. The number of ether oxygens (including phenoxy) is 1. The predicted octanol–water partition coefficient (Wildman–Crippen LogP) is 2.52. The molecule has 1 saturated carbocycles. The fraction of sp³-hybridized carbons (Fsp3) is 0.529. The van der Waals surface area contributed by atoms with Crippen LogP contribution in [0.2, 0.25) is 0 Å². The molecular weight excluding hydrogens is 328 g/mol. The highest BCUT2D eigenvalue weighted by Gasteiger charge is 2.35. The van der Waals surface area contributed by atoms with Crippen molar-refractivity contribution in [2.24, 2.45) is 0 Å². The first kappa shape index (κ1) is 18.1. The van der Waals surface area contributed by atoms with Gasteiger partial charge in [0.25, 0.3) is 5.91 Å². The van der Waals surface area contributed by atoms with E-state index in [1.54, 1.807) is 6.07 Å². The lowest BCUT2D eigenvalue weighted by Gasteiger charge is -2.21. The third-order valence-electron chi connectivity index (χ3n) is 3.99. The van der Waals surface area contributed by atoms with Crippen molar-refractivity contribution in [3.8, 4) is 6.07 Å². The van der Waals surface area contributed by atoms with E-state index in [1.807, 2.05) is 13.0 Å². The normalized spacial score (nSPS) is 15.5. The summed E-state index contributed by atoms with van der Waals surface area (Å²) in [5, 5.41) is 11.8. The summed E-state index contributed by atoms with van der Waals surface area (Å²) in [4.78, 5) is 37.0. The number of nitrogens with one attached hydrogen (secondary N) is 1. The molecule has 7 heteroatoms. The Morgan fingerprint density at radius 2 is 2.00 bits per heavy atom. The largest absolute Gasteiger partial charge is 0.456 e. The summed E-state index contributed by atoms with van der Waals surface area (Å²) in [7, 11) is 0. The van der Waals surface area contributed by atoms with Crippen LogP contribution in [0.3, 0.4) is 0 Å². The van der Waals surface area contributed by atoms with Gasteiger partial charge in [0.2, 0.25) is 0 Å². The number of thiophene rings is 1. The monoisotopic (exact) mass is 348 g/mol. The van der Waals surface area contributed by atoms with Crippen LogP contribution in [0.4, 0.5) is 0 Å². The minimum atomic E-state index is -0.823. The third-order valence-corrected chi connectivity index (χ3v) is 5.03. The van der Waals surface area contributed by atoms with Gasteiger partial charge < -0.3 is 10.1 Å². The molecule has 6 nitrogen and oxygen atoms in total. The molecule has 0 radical (unpaired) electrons. The number of carbonyl (C=O) groups is 3. The highest BCUT2D eigenvalue weighted by molar-refractivity contribution is 7.14. The lowest BCUT2D eigenvalue weighted by Crippen LogP contribution is -2.46. The maximum Gasteiger partial charge on any atom is 0.306 e. The molecule has 0 unspecified atom stereocenters. The molecule has 0 atom stereocenters. The topological polar surface area (TPSA) is 96.3 Å². The molecular formula is C17H20N2O4S. The molecule has 1 amide bonds. The Kier molecular flexibility index (Phi) is 6.10. The maximum atomic E-state index is 11.9. The Labute approximate surface area is 144 Å². The SMILES string of the molecule is Cc1ccc(C(=O)CCC(=O)OCC(=O)NC2(C#N)CCCC2)s1. The second kappa shape index (κ2) is 8.06. The Balaban J connectivity index is 1.70. The first-order valence-corrected chi connectivity index (χ1v) is 8.73. The first-order chi connectivity index (χ1) is 11.4. The summed E-state index contributed by atoms with van der Waals surface area (Å²) in [5.41, 5.74) is -0.823. The average Bonchev–Trinajstić information content (AvgIpc) is 3.20. The Bertz CT molecular complexity index is 668. The number of aryl methyl sites for hydroxylation is 1. The number of esters is 1. The van der Waals surface area contributed by atoms with Gasteiger partial charge in [-0.15, -0.1) is 11.3 Å². The minimum absolute atomic E-state index is 0.0581. The highest BCUT2D eigenvalue weighted by atomic mass is 32.1. The maximum absolute atomic E-state index is 11.9. The average molecular weight is 348 g/mol. The summed E-state index contributed by atoms with van der Waals surface area (Å²) in [5.74, 6) is -1.18. The van der Waals surface area contributed by atoms with Gasteiger partial charge in [0, 0.05) is 11.3 Å². The van der Waals surface area contributed by atoms with Gasteiger partial charge in [-0.05, 0) is 44.7 Å². The van der Waals surface area contributed by atoms with E-state index in [9.17, 15) is 19.6 Å². The summed E-state index contributed by atoms with van der Waals surface area (Å²) >= 11 is 1.39. The van der Waals surface area contributed by atoms with Gasteiger partial charge in [-0.25, -0.2) is 0 Å². The molecule has 1 aliphatic carbocycles. The van der Waals surface area contributed by atoms with Gasteiger partial charge >= 0.3 is 5.97 Å². The van der Waals surface area contributed by atoms with Gasteiger partial charge in [0.05, 0.1) is 17.4 Å².